The Kier molecular flexibility index (Phi) is 5.24. The molecule has 0 unspecified atom stereocenters. The molecule has 1 amide bonds. The van der Waals surface area contributed by atoms with Gasteiger partial charge in [0.1, 0.15) is 6.61 Å². The van der Waals surface area contributed by atoms with Crippen LogP contribution in [0.1, 0.15) is 18.4 Å². The molecule has 0 aliphatic carbocycles. The van der Waals surface area contributed by atoms with Gasteiger partial charge in [-0.25, -0.2) is 0 Å². The molecule has 0 radical (unpaired) electrons. The number of piperidine rings is 1. The number of hydrogen-bond donors (Lipinski definition) is 2. The van der Waals surface area contributed by atoms with Gasteiger partial charge in [0.15, 0.2) is 0 Å². The Balaban J connectivity index is 1.90. The molecule has 1 aliphatic rings. The summed E-state index contributed by atoms with van der Waals surface area (Å²) in [5.41, 5.74) is 0.882. The summed E-state index contributed by atoms with van der Waals surface area (Å²) in [5, 5.41) is 16.7. The van der Waals surface area contributed by atoms with Gasteiger partial charge in [0.2, 0.25) is 5.91 Å². The van der Waals surface area contributed by atoms with E-state index in [0.29, 0.717) is 11.3 Å². The van der Waals surface area contributed by atoms with Crippen molar-refractivity contribution in [3.63, 3.8) is 0 Å². The first-order chi connectivity index (χ1) is 10.1. The van der Waals surface area contributed by atoms with Gasteiger partial charge in [-0.05, 0) is 38.9 Å². The fourth-order valence-electron chi connectivity index (χ4n) is 2.30. The van der Waals surface area contributed by atoms with Gasteiger partial charge >= 0.3 is 0 Å². The molecule has 0 atom stereocenters. The monoisotopic (exact) mass is 293 g/mol. The van der Waals surface area contributed by atoms with Crippen molar-refractivity contribution in [1.82, 2.24) is 5.32 Å². The number of benzene rings is 1. The molecule has 1 saturated heterocycles. The molecule has 2 N–H and O–H groups in total. The summed E-state index contributed by atoms with van der Waals surface area (Å²) < 4.78 is 5.55. The molecule has 0 saturated carbocycles. The lowest BCUT2D eigenvalue weighted by Crippen LogP contribution is -2.34. The average Bonchev–Trinajstić information content (AvgIpc) is 2.48. The number of nitrogens with one attached hydrogen (secondary N) is 2. The third-order valence-corrected chi connectivity index (χ3v) is 3.51. The standard InChI is InChI=1S/C14H19N3O4/c1-10-12(3-2-4-13(10)17(19)20)16-14(18)9-21-11-5-7-15-8-6-11/h2-4,11,15H,5-9H2,1H3,(H,16,18). The van der Waals surface area contributed by atoms with Gasteiger partial charge in [-0.2, -0.15) is 0 Å². The van der Waals surface area contributed by atoms with Crippen molar-refractivity contribution in [1.29, 1.82) is 0 Å². The number of hydrogen-bond acceptors (Lipinski definition) is 5. The Morgan fingerprint density at radius 2 is 2.19 bits per heavy atom. The maximum absolute atomic E-state index is 11.9. The summed E-state index contributed by atoms with van der Waals surface area (Å²) in [4.78, 5) is 22.3. The van der Waals surface area contributed by atoms with E-state index < -0.39 is 4.92 Å². The number of ether oxygens (including phenoxy) is 1. The largest absolute Gasteiger partial charge is 0.368 e. The first-order valence-electron chi connectivity index (χ1n) is 6.94. The van der Waals surface area contributed by atoms with Crippen LogP contribution in [0.4, 0.5) is 11.4 Å². The number of rotatable bonds is 5. The number of nitro benzene ring substituents is 1. The predicted molar refractivity (Wildman–Crippen MR) is 78.3 cm³/mol. The van der Waals surface area contributed by atoms with E-state index in [0.717, 1.165) is 25.9 Å². The van der Waals surface area contributed by atoms with Crippen LogP contribution in [0.2, 0.25) is 0 Å². The first-order valence-corrected chi connectivity index (χ1v) is 6.94. The van der Waals surface area contributed by atoms with Gasteiger partial charge in [-0.1, -0.05) is 6.07 Å². The van der Waals surface area contributed by atoms with Crippen molar-refractivity contribution in [3.8, 4) is 0 Å². The molecule has 1 heterocycles. The summed E-state index contributed by atoms with van der Waals surface area (Å²) in [5.74, 6) is -0.294. The molecule has 1 aliphatic heterocycles. The fourth-order valence-corrected chi connectivity index (χ4v) is 2.30. The SMILES string of the molecule is Cc1c(NC(=O)COC2CCNCC2)cccc1[N+](=O)[O-]. The summed E-state index contributed by atoms with van der Waals surface area (Å²) in [6, 6.07) is 4.61. The van der Waals surface area contributed by atoms with Gasteiger partial charge in [0, 0.05) is 6.07 Å². The highest BCUT2D eigenvalue weighted by Crippen LogP contribution is 2.24. The average molecular weight is 293 g/mol. The van der Waals surface area contributed by atoms with Crippen LogP contribution < -0.4 is 10.6 Å². The minimum atomic E-state index is -0.462. The van der Waals surface area contributed by atoms with Crippen LogP contribution in [0.25, 0.3) is 0 Å². The molecule has 1 fully saturated rings. The molecule has 7 heteroatoms. The molecular weight excluding hydrogens is 274 g/mol. The van der Waals surface area contributed by atoms with E-state index in [9.17, 15) is 14.9 Å². The minimum absolute atomic E-state index is 0.00734. The summed E-state index contributed by atoms with van der Waals surface area (Å²) in [6.45, 7) is 3.38. The van der Waals surface area contributed by atoms with Gasteiger partial charge in [0.25, 0.3) is 5.69 Å². The Hall–Kier alpha value is -1.99. The Morgan fingerprint density at radius 3 is 2.86 bits per heavy atom. The van der Waals surface area contributed by atoms with Crippen LogP contribution in [-0.4, -0.2) is 36.6 Å². The zero-order valence-corrected chi connectivity index (χ0v) is 11.9. The maximum atomic E-state index is 11.9. The van der Waals surface area contributed by atoms with Crippen molar-refractivity contribution in [2.45, 2.75) is 25.9 Å². The van der Waals surface area contributed by atoms with Crippen LogP contribution >= 0.6 is 0 Å². The van der Waals surface area contributed by atoms with Crippen molar-refractivity contribution in [3.05, 3.63) is 33.9 Å². The Bertz CT molecular complexity index is 527. The number of amides is 1. The van der Waals surface area contributed by atoms with Crippen molar-refractivity contribution in [2.24, 2.45) is 0 Å². The quantitative estimate of drug-likeness (QED) is 0.635. The molecule has 1 aromatic carbocycles. The van der Waals surface area contributed by atoms with Gasteiger partial charge in [-0.15, -0.1) is 0 Å². The van der Waals surface area contributed by atoms with Crippen LogP contribution in [0.3, 0.4) is 0 Å². The fraction of sp³-hybridized carbons (Fsp3) is 0.500. The molecule has 21 heavy (non-hydrogen) atoms. The zero-order valence-electron chi connectivity index (χ0n) is 11.9. The molecule has 1 aromatic rings. The van der Waals surface area contributed by atoms with Gasteiger partial charge < -0.3 is 15.4 Å². The topological polar surface area (TPSA) is 93.5 Å². The number of nitrogens with zero attached hydrogens (tertiary/aromatic N) is 1. The summed E-state index contributed by atoms with van der Waals surface area (Å²) >= 11 is 0. The van der Waals surface area contributed by atoms with Gasteiger partial charge in [0.05, 0.1) is 22.3 Å². The number of carbonyl (C=O) groups excluding carboxylic acids is 1. The normalized spacial score (nSPS) is 15.7. The van der Waals surface area contributed by atoms with Crippen LogP contribution in [0.5, 0.6) is 0 Å². The molecule has 7 nitrogen and oxygen atoms in total. The number of carbonyl (C=O) groups is 1. The second kappa shape index (κ2) is 7.14. The maximum Gasteiger partial charge on any atom is 0.274 e. The van der Waals surface area contributed by atoms with Gasteiger partial charge in [-0.3, -0.25) is 14.9 Å². The highest BCUT2D eigenvalue weighted by Gasteiger charge is 2.17. The van der Waals surface area contributed by atoms with Crippen LogP contribution in [0.15, 0.2) is 18.2 Å². The second-order valence-corrected chi connectivity index (χ2v) is 5.02. The predicted octanol–water partition coefficient (Wildman–Crippen LogP) is 1.61. The molecule has 114 valence electrons. The highest BCUT2D eigenvalue weighted by molar-refractivity contribution is 5.93. The second-order valence-electron chi connectivity index (χ2n) is 5.02. The van der Waals surface area contributed by atoms with E-state index in [-0.39, 0.29) is 24.3 Å². The van der Waals surface area contributed by atoms with Crippen LogP contribution in [-0.2, 0) is 9.53 Å². The van der Waals surface area contributed by atoms with E-state index in [1.807, 2.05) is 0 Å². The molecular formula is C14H19N3O4. The minimum Gasteiger partial charge on any atom is -0.368 e. The van der Waals surface area contributed by atoms with Crippen molar-refractivity contribution >= 4 is 17.3 Å². The molecule has 0 bridgehead atoms. The van der Waals surface area contributed by atoms with Crippen molar-refractivity contribution in [2.75, 3.05) is 25.0 Å². The third-order valence-electron chi connectivity index (χ3n) is 3.51. The molecule has 0 spiro atoms. The van der Waals surface area contributed by atoms with E-state index in [2.05, 4.69) is 10.6 Å². The summed E-state index contributed by atoms with van der Waals surface area (Å²) in [6.07, 6.45) is 1.88. The van der Waals surface area contributed by atoms with E-state index in [1.165, 1.54) is 6.07 Å². The van der Waals surface area contributed by atoms with E-state index in [4.69, 9.17) is 4.74 Å². The smallest absolute Gasteiger partial charge is 0.274 e. The zero-order chi connectivity index (χ0) is 15.2. The summed E-state index contributed by atoms with van der Waals surface area (Å²) in [7, 11) is 0. The van der Waals surface area contributed by atoms with Crippen molar-refractivity contribution < 1.29 is 14.5 Å². The Morgan fingerprint density at radius 1 is 1.48 bits per heavy atom. The van der Waals surface area contributed by atoms with E-state index in [1.54, 1.807) is 19.1 Å². The molecule has 2 rings (SSSR count). The molecule has 0 aromatic heterocycles. The lowest BCUT2D eigenvalue weighted by atomic mass is 10.1. The highest BCUT2D eigenvalue weighted by atomic mass is 16.6. The van der Waals surface area contributed by atoms with Crippen LogP contribution in [0, 0.1) is 17.0 Å². The lowest BCUT2D eigenvalue weighted by molar-refractivity contribution is -0.385. The number of anilines is 1. The lowest BCUT2D eigenvalue weighted by Gasteiger charge is -2.22. The Labute approximate surface area is 122 Å². The number of nitro groups is 1. The first kappa shape index (κ1) is 15.4. The van der Waals surface area contributed by atoms with E-state index >= 15 is 0 Å². The third kappa shape index (κ3) is 4.24.